The first kappa shape index (κ1) is 13.0. The van der Waals surface area contributed by atoms with Crippen LogP contribution in [0.25, 0.3) is 0 Å². The first-order chi connectivity index (χ1) is 7.05. The third kappa shape index (κ3) is 4.55. The van der Waals surface area contributed by atoms with Crippen molar-refractivity contribution in [1.29, 1.82) is 0 Å². The molecule has 1 nitrogen and oxygen atoms in total. The Morgan fingerprint density at radius 3 is 2.60 bits per heavy atom. The summed E-state index contributed by atoms with van der Waals surface area (Å²) in [6.45, 7) is 7.07. The normalized spacial score (nSPS) is 30.4. The molecule has 0 aromatic heterocycles. The van der Waals surface area contributed by atoms with Crippen molar-refractivity contribution in [3.05, 3.63) is 0 Å². The van der Waals surface area contributed by atoms with Crippen LogP contribution >= 0.6 is 0 Å². The lowest BCUT2D eigenvalue weighted by atomic mass is 9.69. The fourth-order valence-corrected chi connectivity index (χ4v) is 2.91. The van der Waals surface area contributed by atoms with Gasteiger partial charge in [0.05, 0.1) is 0 Å². The van der Waals surface area contributed by atoms with Crippen molar-refractivity contribution in [2.45, 2.75) is 78.2 Å². The SMILES string of the molecule is CCCCCCC1CC(C)(C)CCC1N. The van der Waals surface area contributed by atoms with E-state index < -0.39 is 0 Å². The maximum Gasteiger partial charge on any atom is 0.00675 e. The summed E-state index contributed by atoms with van der Waals surface area (Å²) < 4.78 is 0. The lowest BCUT2D eigenvalue weighted by Crippen LogP contribution is -2.39. The van der Waals surface area contributed by atoms with Crippen LogP contribution in [0.4, 0.5) is 0 Å². The Kier molecular flexibility index (Phi) is 5.11. The summed E-state index contributed by atoms with van der Waals surface area (Å²) in [6.07, 6.45) is 10.8. The molecule has 1 aliphatic rings. The molecule has 0 aromatic carbocycles. The van der Waals surface area contributed by atoms with E-state index in [1.54, 1.807) is 0 Å². The molecule has 2 atom stereocenters. The number of unbranched alkanes of at least 4 members (excludes halogenated alkanes) is 3. The molecular weight excluding hydrogens is 182 g/mol. The summed E-state index contributed by atoms with van der Waals surface area (Å²) in [5, 5.41) is 0. The highest BCUT2D eigenvalue weighted by atomic mass is 14.7. The summed E-state index contributed by atoms with van der Waals surface area (Å²) in [4.78, 5) is 0. The van der Waals surface area contributed by atoms with Gasteiger partial charge >= 0.3 is 0 Å². The number of hydrogen-bond donors (Lipinski definition) is 1. The predicted octanol–water partition coefficient (Wildman–Crippen LogP) is 4.11. The molecule has 2 N–H and O–H groups in total. The molecule has 0 spiro atoms. The van der Waals surface area contributed by atoms with Crippen molar-refractivity contribution < 1.29 is 0 Å². The molecule has 1 aliphatic carbocycles. The molecule has 0 radical (unpaired) electrons. The maximum atomic E-state index is 6.21. The van der Waals surface area contributed by atoms with Gasteiger partial charge in [0.25, 0.3) is 0 Å². The van der Waals surface area contributed by atoms with Crippen molar-refractivity contribution >= 4 is 0 Å². The van der Waals surface area contributed by atoms with Gasteiger partial charge in [-0.15, -0.1) is 0 Å². The molecule has 1 fully saturated rings. The largest absolute Gasteiger partial charge is 0.327 e. The van der Waals surface area contributed by atoms with Crippen LogP contribution in [0.5, 0.6) is 0 Å². The minimum Gasteiger partial charge on any atom is -0.327 e. The summed E-state index contributed by atoms with van der Waals surface area (Å²) in [7, 11) is 0. The Bertz CT molecular complexity index is 174. The number of nitrogens with two attached hydrogens (primary N) is 1. The van der Waals surface area contributed by atoms with Crippen LogP contribution in [-0.4, -0.2) is 6.04 Å². The van der Waals surface area contributed by atoms with Crippen LogP contribution in [0.2, 0.25) is 0 Å². The van der Waals surface area contributed by atoms with Gasteiger partial charge in [0, 0.05) is 6.04 Å². The zero-order valence-corrected chi connectivity index (χ0v) is 10.9. The quantitative estimate of drug-likeness (QED) is 0.680. The fraction of sp³-hybridized carbons (Fsp3) is 1.00. The second-order valence-electron chi connectivity index (χ2n) is 6.18. The molecular formula is C14H29N. The van der Waals surface area contributed by atoms with E-state index in [2.05, 4.69) is 20.8 Å². The Hall–Kier alpha value is -0.0400. The predicted molar refractivity (Wildman–Crippen MR) is 67.9 cm³/mol. The van der Waals surface area contributed by atoms with Crippen molar-refractivity contribution in [3.8, 4) is 0 Å². The van der Waals surface area contributed by atoms with Crippen LogP contribution in [0.15, 0.2) is 0 Å². The van der Waals surface area contributed by atoms with Gasteiger partial charge in [-0.1, -0.05) is 46.5 Å². The zero-order valence-electron chi connectivity index (χ0n) is 10.9. The minimum absolute atomic E-state index is 0.486. The van der Waals surface area contributed by atoms with Gasteiger partial charge in [0.2, 0.25) is 0 Å². The van der Waals surface area contributed by atoms with Crippen molar-refractivity contribution in [3.63, 3.8) is 0 Å². The molecule has 90 valence electrons. The minimum atomic E-state index is 0.486. The molecule has 0 amide bonds. The Morgan fingerprint density at radius 2 is 1.93 bits per heavy atom. The average Bonchev–Trinajstić information content (AvgIpc) is 2.18. The van der Waals surface area contributed by atoms with Gasteiger partial charge in [0.1, 0.15) is 0 Å². The van der Waals surface area contributed by atoms with Crippen LogP contribution < -0.4 is 5.73 Å². The van der Waals surface area contributed by atoms with E-state index in [1.165, 1.54) is 51.4 Å². The maximum absolute atomic E-state index is 6.21. The van der Waals surface area contributed by atoms with Gasteiger partial charge in [-0.3, -0.25) is 0 Å². The van der Waals surface area contributed by atoms with E-state index in [4.69, 9.17) is 5.73 Å². The number of rotatable bonds is 5. The summed E-state index contributed by atoms with van der Waals surface area (Å²) in [5.74, 6) is 0.797. The van der Waals surface area contributed by atoms with Crippen LogP contribution in [0, 0.1) is 11.3 Å². The number of hydrogen-bond acceptors (Lipinski definition) is 1. The van der Waals surface area contributed by atoms with Gasteiger partial charge in [0.15, 0.2) is 0 Å². The van der Waals surface area contributed by atoms with Crippen molar-refractivity contribution in [2.75, 3.05) is 0 Å². The smallest absolute Gasteiger partial charge is 0.00675 e. The van der Waals surface area contributed by atoms with Gasteiger partial charge < -0.3 is 5.73 Å². The molecule has 15 heavy (non-hydrogen) atoms. The molecule has 0 aromatic rings. The molecule has 0 saturated heterocycles. The lowest BCUT2D eigenvalue weighted by molar-refractivity contribution is 0.148. The summed E-state index contributed by atoms with van der Waals surface area (Å²) >= 11 is 0. The van der Waals surface area contributed by atoms with Crippen LogP contribution in [0.1, 0.15) is 72.1 Å². The molecule has 2 unspecified atom stereocenters. The topological polar surface area (TPSA) is 26.0 Å². The average molecular weight is 211 g/mol. The van der Waals surface area contributed by atoms with Gasteiger partial charge in [-0.25, -0.2) is 0 Å². The van der Waals surface area contributed by atoms with E-state index in [0.29, 0.717) is 11.5 Å². The highest BCUT2D eigenvalue weighted by Gasteiger charge is 2.32. The first-order valence-corrected chi connectivity index (χ1v) is 6.81. The van der Waals surface area contributed by atoms with Crippen LogP contribution in [0.3, 0.4) is 0 Å². The lowest BCUT2D eigenvalue weighted by Gasteiger charge is -2.39. The zero-order chi connectivity index (χ0) is 11.3. The second-order valence-corrected chi connectivity index (χ2v) is 6.18. The summed E-state index contributed by atoms with van der Waals surface area (Å²) in [6, 6.07) is 0.486. The van der Waals surface area contributed by atoms with E-state index in [-0.39, 0.29) is 0 Å². The van der Waals surface area contributed by atoms with Crippen molar-refractivity contribution in [2.24, 2.45) is 17.1 Å². The monoisotopic (exact) mass is 211 g/mol. The van der Waals surface area contributed by atoms with E-state index in [0.717, 1.165) is 5.92 Å². The van der Waals surface area contributed by atoms with E-state index in [9.17, 15) is 0 Å². The molecule has 0 aliphatic heterocycles. The van der Waals surface area contributed by atoms with Gasteiger partial charge in [-0.05, 0) is 37.0 Å². The third-order valence-electron chi connectivity index (χ3n) is 4.00. The molecule has 1 saturated carbocycles. The summed E-state index contributed by atoms with van der Waals surface area (Å²) in [5.41, 5.74) is 6.76. The highest BCUT2D eigenvalue weighted by Crippen LogP contribution is 2.39. The standard InChI is InChI=1S/C14H29N/c1-4-5-6-7-8-12-11-14(2,3)10-9-13(12)15/h12-13H,4-11,15H2,1-3H3. The van der Waals surface area contributed by atoms with E-state index >= 15 is 0 Å². The molecule has 1 heteroatoms. The Balaban J connectivity index is 2.25. The fourth-order valence-electron chi connectivity index (χ4n) is 2.91. The van der Waals surface area contributed by atoms with Gasteiger partial charge in [-0.2, -0.15) is 0 Å². The molecule has 1 rings (SSSR count). The first-order valence-electron chi connectivity index (χ1n) is 6.81. The third-order valence-corrected chi connectivity index (χ3v) is 4.00. The Morgan fingerprint density at radius 1 is 1.20 bits per heavy atom. The highest BCUT2D eigenvalue weighted by molar-refractivity contribution is 4.86. The Labute approximate surface area is 95.8 Å². The molecule has 0 bridgehead atoms. The van der Waals surface area contributed by atoms with E-state index in [1.807, 2.05) is 0 Å². The van der Waals surface area contributed by atoms with Crippen molar-refractivity contribution in [1.82, 2.24) is 0 Å². The van der Waals surface area contributed by atoms with Crippen LogP contribution in [-0.2, 0) is 0 Å². The second kappa shape index (κ2) is 5.89. The molecule has 0 heterocycles.